The fourth-order valence-electron chi connectivity index (χ4n) is 3.82. The summed E-state index contributed by atoms with van der Waals surface area (Å²) in [6, 6.07) is 5.54. The van der Waals surface area contributed by atoms with Gasteiger partial charge in [0, 0.05) is 44.8 Å². The zero-order valence-corrected chi connectivity index (χ0v) is 19.2. The fourth-order valence-corrected chi connectivity index (χ4v) is 3.82. The van der Waals surface area contributed by atoms with Crippen LogP contribution in [0.4, 0.5) is 0 Å². The van der Waals surface area contributed by atoms with Gasteiger partial charge in [-0.3, -0.25) is 4.79 Å². The maximum atomic E-state index is 13.4. The van der Waals surface area contributed by atoms with Crippen molar-refractivity contribution in [3.63, 3.8) is 0 Å². The Hall–Kier alpha value is -1.83. The molecule has 2 unspecified atom stereocenters. The molecule has 0 radical (unpaired) electrons. The van der Waals surface area contributed by atoms with Gasteiger partial charge in [0.05, 0.1) is 13.7 Å². The molecule has 2 N–H and O–H groups in total. The van der Waals surface area contributed by atoms with Crippen LogP contribution in [0.3, 0.4) is 0 Å². The number of hydrogen-bond donors (Lipinski definition) is 2. The minimum absolute atomic E-state index is 0.0310. The summed E-state index contributed by atoms with van der Waals surface area (Å²) in [6.07, 6.45) is 0.776. The maximum Gasteiger partial charge on any atom is 0.254 e. The first kappa shape index (κ1) is 24.4. The van der Waals surface area contributed by atoms with E-state index in [4.69, 9.17) is 14.2 Å². The molecule has 1 aromatic carbocycles. The molecule has 0 aromatic heterocycles. The molecule has 1 amide bonds. The average Bonchev–Trinajstić information content (AvgIpc) is 3.19. The highest BCUT2D eigenvalue weighted by Gasteiger charge is 2.31. The van der Waals surface area contributed by atoms with Gasteiger partial charge >= 0.3 is 0 Å². The van der Waals surface area contributed by atoms with Gasteiger partial charge in [0.15, 0.2) is 11.5 Å². The van der Waals surface area contributed by atoms with Crippen LogP contribution < -0.4 is 20.1 Å². The summed E-state index contributed by atoms with van der Waals surface area (Å²) in [5.41, 5.74) is 0.625. The van der Waals surface area contributed by atoms with Crippen molar-refractivity contribution in [1.29, 1.82) is 0 Å². The third-order valence-corrected chi connectivity index (χ3v) is 5.61. The summed E-state index contributed by atoms with van der Waals surface area (Å²) in [6.45, 7) is 12.1. The van der Waals surface area contributed by atoms with Crippen molar-refractivity contribution in [2.75, 3.05) is 60.2 Å². The Morgan fingerprint density at radius 1 is 1.20 bits per heavy atom. The lowest BCUT2D eigenvalue weighted by Crippen LogP contribution is -2.43. The zero-order chi connectivity index (χ0) is 21.9. The molecule has 30 heavy (non-hydrogen) atoms. The van der Waals surface area contributed by atoms with Gasteiger partial charge < -0.3 is 29.7 Å². The van der Waals surface area contributed by atoms with E-state index in [0.29, 0.717) is 42.1 Å². The Balaban J connectivity index is 2.12. The molecule has 1 aliphatic heterocycles. The molecule has 0 bridgehead atoms. The lowest BCUT2D eigenvalue weighted by molar-refractivity contribution is 0.0661. The number of nitrogens with one attached hydrogen (secondary N) is 2. The predicted octanol–water partition coefficient (Wildman–Crippen LogP) is 2.41. The van der Waals surface area contributed by atoms with Crippen molar-refractivity contribution in [2.45, 2.75) is 33.2 Å². The van der Waals surface area contributed by atoms with Gasteiger partial charge in [0.2, 0.25) is 0 Å². The summed E-state index contributed by atoms with van der Waals surface area (Å²) >= 11 is 0. The summed E-state index contributed by atoms with van der Waals surface area (Å²) in [5, 5.41) is 6.94. The largest absolute Gasteiger partial charge is 0.493 e. The van der Waals surface area contributed by atoms with E-state index >= 15 is 0 Å². The number of nitrogens with zero attached hydrogens (tertiary/aromatic N) is 1. The number of benzene rings is 1. The molecule has 0 spiro atoms. The number of carbonyl (C=O) groups is 1. The molecule has 2 rings (SSSR count). The van der Waals surface area contributed by atoms with E-state index in [0.717, 1.165) is 39.1 Å². The van der Waals surface area contributed by atoms with E-state index in [-0.39, 0.29) is 11.9 Å². The van der Waals surface area contributed by atoms with Crippen LogP contribution in [0, 0.1) is 11.8 Å². The van der Waals surface area contributed by atoms with Gasteiger partial charge in [-0.05, 0) is 63.5 Å². The van der Waals surface area contributed by atoms with E-state index in [2.05, 4.69) is 31.4 Å². The van der Waals surface area contributed by atoms with Gasteiger partial charge in [-0.1, -0.05) is 6.92 Å². The topological polar surface area (TPSA) is 72.1 Å². The summed E-state index contributed by atoms with van der Waals surface area (Å²) < 4.78 is 16.3. The van der Waals surface area contributed by atoms with Gasteiger partial charge in [-0.15, -0.1) is 0 Å². The quantitative estimate of drug-likeness (QED) is 0.477. The van der Waals surface area contributed by atoms with Crippen molar-refractivity contribution in [3.8, 4) is 11.5 Å². The highest BCUT2D eigenvalue weighted by molar-refractivity contribution is 5.95. The summed E-state index contributed by atoms with van der Waals surface area (Å²) in [4.78, 5) is 15.4. The lowest BCUT2D eigenvalue weighted by Gasteiger charge is -2.31. The number of amides is 1. The third-order valence-electron chi connectivity index (χ3n) is 5.61. The molecular formula is C23H39N3O4. The normalized spacial score (nSPS) is 18.6. The summed E-state index contributed by atoms with van der Waals surface area (Å²) in [5.74, 6) is 2.23. The molecule has 7 nitrogen and oxygen atoms in total. The molecule has 1 saturated heterocycles. The van der Waals surface area contributed by atoms with Crippen LogP contribution in [0.5, 0.6) is 11.5 Å². The van der Waals surface area contributed by atoms with Crippen LogP contribution in [0.25, 0.3) is 0 Å². The molecule has 0 aliphatic carbocycles. The Bertz CT molecular complexity index is 653. The van der Waals surface area contributed by atoms with Crippen LogP contribution in [-0.4, -0.2) is 77.0 Å². The summed E-state index contributed by atoms with van der Waals surface area (Å²) in [7, 11) is 3.28. The standard InChI is InChI=1S/C23H39N3O4/c1-6-24-13-19-14-25-15-20(19)16-26(17(2)3)23(27)18-8-9-21(29-5)22(12-18)30-11-7-10-28-4/h8-9,12,17,19-20,24-25H,6-7,10-11,13-16H2,1-5H3. The Morgan fingerprint density at radius 2 is 1.97 bits per heavy atom. The monoisotopic (exact) mass is 421 g/mol. The Morgan fingerprint density at radius 3 is 2.63 bits per heavy atom. The maximum absolute atomic E-state index is 13.4. The molecule has 1 aliphatic rings. The second-order valence-electron chi connectivity index (χ2n) is 8.10. The molecule has 2 atom stereocenters. The minimum atomic E-state index is 0.0310. The molecule has 1 fully saturated rings. The fraction of sp³-hybridized carbons (Fsp3) is 0.696. The minimum Gasteiger partial charge on any atom is -0.493 e. The molecule has 170 valence electrons. The highest BCUT2D eigenvalue weighted by atomic mass is 16.5. The zero-order valence-electron chi connectivity index (χ0n) is 19.2. The first-order chi connectivity index (χ1) is 14.5. The van der Waals surface area contributed by atoms with Gasteiger partial charge in [-0.25, -0.2) is 0 Å². The van der Waals surface area contributed by atoms with Crippen LogP contribution in [-0.2, 0) is 4.74 Å². The smallest absolute Gasteiger partial charge is 0.254 e. The molecule has 7 heteroatoms. The second kappa shape index (κ2) is 12.8. The first-order valence-electron chi connectivity index (χ1n) is 11.0. The van der Waals surface area contributed by atoms with E-state index in [1.807, 2.05) is 17.0 Å². The van der Waals surface area contributed by atoms with Crippen LogP contribution >= 0.6 is 0 Å². The van der Waals surface area contributed by atoms with Crippen LogP contribution in [0.1, 0.15) is 37.6 Å². The third kappa shape index (κ3) is 6.86. The molecule has 0 saturated carbocycles. The van der Waals surface area contributed by atoms with E-state index in [1.54, 1.807) is 20.3 Å². The molecule has 1 aromatic rings. The van der Waals surface area contributed by atoms with Gasteiger partial charge in [-0.2, -0.15) is 0 Å². The van der Waals surface area contributed by atoms with Crippen LogP contribution in [0.2, 0.25) is 0 Å². The number of ether oxygens (including phenoxy) is 3. The van der Waals surface area contributed by atoms with Crippen molar-refractivity contribution >= 4 is 5.91 Å². The van der Waals surface area contributed by atoms with Crippen molar-refractivity contribution in [2.24, 2.45) is 11.8 Å². The molecule has 1 heterocycles. The van der Waals surface area contributed by atoms with E-state index in [1.165, 1.54) is 0 Å². The van der Waals surface area contributed by atoms with Gasteiger partial charge in [0.25, 0.3) is 5.91 Å². The first-order valence-corrected chi connectivity index (χ1v) is 11.0. The average molecular weight is 422 g/mol. The number of rotatable bonds is 13. The Labute approximate surface area is 181 Å². The SMILES string of the molecule is CCNCC1CNCC1CN(C(=O)c1ccc(OC)c(OCCCOC)c1)C(C)C. The second-order valence-corrected chi connectivity index (χ2v) is 8.10. The number of methoxy groups -OCH3 is 2. The number of hydrogen-bond acceptors (Lipinski definition) is 6. The van der Waals surface area contributed by atoms with E-state index in [9.17, 15) is 4.79 Å². The van der Waals surface area contributed by atoms with Crippen molar-refractivity contribution in [1.82, 2.24) is 15.5 Å². The Kier molecular flexibility index (Phi) is 10.4. The van der Waals surface area contributed by atoms with E-state index < -0.39 is 0 Å². The van der Waals surface area contributed by atoms with Crippen molar-refractivity contribution < 1.29 is 19.0 Å². The van der Waals surface area contributed by atoms with Crippen molar-refractivity contribution in [3.05, 3.63) is 23.8 Å². The lowest BCUT2D eigenvalue weighted by atomic mass is 9.94. The molecular weight excluding hydrogens is 382 g/mol. The predicted molar refractivity (Wildman–Crippen MR) is 120 cm³/mol. The van der Waals surface area contributed by atoms with Gasteiger partial charge in [0.1, 0.15) is 0 Å². The number of carbonyl (C=O) groups excluding carboxylic acids is 1. The van der Waals surface area contributed by atoms with Crippen LogP contribution in [0.15, 0.2) is 18.2 Å². The highest BCUT2D eigenvalue weighted by Crippen LogP contribution is 2.29.